The first-order valence-electron chi connectivity index (χ1n) is 10.1. The molecule has 3 heterocycles. The molecule has 2 aromatic carbocycles. The highest BCUT2D eigenvalue weighted by Crippen LogP contribution is 2.36. The summed E-state index contributed by atoms with van der Waals surface area (Å²) in [6, 6.07) is 15.3. The number of carbonyl (C=O) groups is 1. The predicted octanol–water partition coefficient (Wildman–Crippen LogP) is 2.07. The van der Waals surface area contributed by atoms with Gasteiger partial charge in [0.1, 0.15) is 6.54 Å². The molecule has 0 saturated carbocycles. The Balaban J connectivity index is 1.73. The third kappa shape index (κ3) is 2.90. The van der Waals surface area contributed by atoms with Gasteiger partial charge in [-0.25, -0.2) is 4.98 Å². The zero-order valence-electron chi connectivity index (χ0n) is 16.6. The number of hydrogen-bond acceptors (Lipinski definition) is 4. The van der Waals surface area contributed by atoms with E-state index in [9.17, 15) is 14.7 Å². The number of nitrogens with zero attached hydrogens (tertiary/aromatic N) is 3. The molecule has 5 rings (SSSR count). The minimum Gasteiger partial charge on any atom is -0.392 e. The van der Waals surface area contributed by atoms with Crippen LogP contribution in [0.1, 0.15) is 12.5 Å². The normalized spacial score (nSPS) is 13.8. The van der Waals surface area contributed by atoms with Crippen molar-refractivity contribution in [1.29, 1.82) is 0 Å². The van der Waals surface area contributed by atoms with Gasteiger partial charge in [0, 0.05) is 24.0 Å². The number of para-hydroxylation sites is 2. The number of aryl methyl sites for hydroxylation is 1. The summed E-state index contributed by atoms with van der Waals surface area (Å²) in [6.45, 7) is 2.47. The fourth-order valence-electron chi connectivity index (χ4n) is 4.29. The maximum absolute atomic E-state index is 13.1. The van der Waals surface area contributed by atoms with Gasteiger partial charge in [-0.2, -0.15) is 0 Å². The Morgan fingerprint density at radius 1 is 1.17 bits per heavy atom. The summed E-state index contributed by atoms with van der Waals surface area (Å²) >= 11 is 0. The average molecular weight is 402 g/mol. The standard InChI is InChI=1S/C23H22N4O3/c1-14(28)12-24-20(29)13-27-19-9-5-3-6-15(19)16-10-11-26-22(21(16)27)25-18-8-4-2-7-17(18)23(26)30/h2-9,14,28H,10-13H2,1H3,(H,24,29). The highest BCUT2D eigenvalue weighted by molar-refractivity contribution is 5.93. The largest absolute Gasteiger partial charge is 0.392 e. The molecule has 0 bridgehead atoms. The molecule has 2 aromatic heterocycles. The number of hydrogen-bond donors (Lipinski definition) is 2. The Hall–Kier alpha value is -3.45. The molecular weight excluding hydrogens is 380 g/mol. The molecule has 7 heteroatoms. The summed E-state index contributed by atoms with van der Waals surface area (Å²) in [5, 5.41) is 13.9. The number of fused-ring (bicyclic) bond motifs is 6. The predicted molar refractivity (Wildman–Crippen MR) is 115 cm³/mol. The second kappa shape index (κ2) is 7.11. The van der Waals surface area contributed by atoms with E-state index in [2.05, 4.69) is 5.32 Å². The minimum absolute atomic E-state index is 0.0587. The Morgan fingerprint density at radius 2 is 1.90 bits per heavy atom. The van der Waals surface area contributed by atoms with Gasteiger partial charge in [-0.3, -0.25) is 14.2 Å². The summed E-state index contributed by atoms with van der Waals surface area (Å²) in [4.78, 5) is 30.5. The second-order valence-electron chi connectivity index (χ2n) is 7.74. The molecule has 1 aliphatic heterocycles. The molecule has 1 atom stereocenters. The monoisotopic (exact) mass is 402 g/mol. The molecule has 0 radical (unpaired) electrons. The van der Waals surface area contributed by atoms with E-state index in [1.165, 1.54) is 0 Å². The molecule has 1 unspecified atom stereocenters. The first-order valence-corrected chi connectivity index (χ1v) is 10.1. The van der Waals surface area contributed by atoms with Crippen molar-refractivity contribution in [2.24, 2.45) is 0 Å². The lowest BCUT2D eigenvalue weighted by molar-refractivity contribution is -0.122. The third-order valence-electron chi connectivity index (χ3n) is 5.63. The van der Waals surface area contributed by atoms with Gasteiger partial charge in [0.05, 0.1) is 22.7 Å². The van der Waals surface area contributed by atoms with Gasteiger partial charge >= 0.3 is 0 Å². The summed E-state index contributed by atoms with van der Waals surface area (Å²) in [7, 11) is 0. The molecule has 4 aromatic rings. The van der Waals surface area contributed by atoms with E-state index < -0.39 is 6.10 Å². The van der Waals surface area contributed by atoms with Gasteiger partial charge in [0.2, 0.25) is 5.91 Å². The summed E-state index contributed by atoms with van der Waals surface area (Å²) in [6.07, 6.45) is 0.0852. The van der Waals surface area contributed by atoms with Crippen LogP contribution >= 0.6 is 0 Å². The minimum atomic E-state index is -0.614. The van der Waals surface area contributed by atoms with Crippen LogP contribution in [-0.2, 0) is 24.3 Å². The van der Waals surface area contributed by atoms with E-state index in [1.807, 2.05) is 47.0 Å². The molecule has 152 valence electrons. The van der Waals surface area contributed by atoms with Gasteiger partial charge in [0.25, 0.3) is 5.56 Å². The Bertz CT molecular complexity index is 1350. The van der Waals surface area contributed by atoms with Crippen LogP contribution in [-0.4, -0.2) is 37.8 Å². The molecular formula is C23H22N4O3. The fourth-order valence-corrected chi connectivity index (χ4v) is 4.29. The smallest absolute Gasteiger partial charge is 0.261 e. The molecule has 0 aliphatic carbocycles. The van der Waals surface area contributed by atoms with Crippen LogP contribution in [0, 0.1) is 0 Å². The van der Waals surface area contributed by atoms with Crippen molar-refractivity contribution in [3.8, 4) is 11.5 Å². The quantitative estimate of drug-likeness (QED) is 0.547. The van der Waals surface area contributed by atoms with E-state index in [0.29, 0.717) is 29.7 Å². The number of rotatable bonds is 4. The Labute approximate surface area is 172 Å². The van der Waals surface area contributed by atoms with E-state index in [0.717, 1.165) is 22.2 Å². The second-order valence-corrected chi connectivity index (χ2v) is 7.74. The van der Waals surface area contributed by atoms with Crippen LogP contribution in [0.5, 0.6) is 0 Å². The van der Waals surface area contributed by atoms with Crippen LogP contribution in [0.25, 0.3) is 33.3 Å². The van der Waals surface area contributed by atoms with Gasteiger partial charge in [-0.1, -0.05) is 30.3 Å². The van der Waals surface area contributed by atoms with Gasteiger partial charge in [-0.05, 0) is 37.1 Å². The number of aliphatic hydroxyl groups excluding tert-OH is 1. The summed E-state index contributed by atoms with van der Waals surface area (Å²) in [5.74, 6) is 0.402. The lowest BCUT2D eigenvalue weighted by Gasteiger charge is -2.21. The number of benzene rings is 2. The molecule has 1 amide bonds. The summed E-state index contributed by atoms with van der Waals surface area (Å²) in [5.41, 5.74) is 3.45. The maximum atomic E-state index is 13.1. The van der Waals surface area contributed by atoms with Crippen LogP contribution in [0.15, 0.2) is 53.3 Å². The average Bonchev–Trinajstić information content (AvgIpc) is 3.07. The highest BCUT2D eigenvalue weighted by Gasteiger charge is 2.27. The van der Waals surface area contributed by atoms with Crippen LogP contribution in [0.3, 0.4) is 0 Å². The van der Waals surface area contributed by atoms with E-state index in [1.54, 1.807) is 17.6 Å². The van der Waals surface area contributed by atoms with Gasteiger partial charge < -0.3 is 15.0 Å². The van der Waals surface area contributed by atoms with Crippen molar-refractivity contribution < 1.29 is 9.90 Å². The number of nitrogens with one attached hydrogen (secondary N) is 1. The van der Waals surface area contributed by atoms with Crippen molar-refractivity contribution in [1.82, 2.24) is 19.4 Å². The van der Waals surface area contributed by atoms with Crippen LogP contribution in [0.4, 0.5) is 0 Å². The zero-order valence-corrected chi connectivity index (χ0v) is 16.6. The van der Waals surface area contributed by atoms with Crippen LogP contribution < -0.4 is 10.9 Å². The number of carbonyl (C=O) groups excluding carboxylic acids is 1. The molecule has 1 aliphatic rings. The van der Waals surface area contributed by atoms with Crippen molar-refractivity contribution in [2.75, 3.05) is 6.54 Å². The maximum Gasteiger partial charge on any atom is 0.261 e. The van der Waals surface area contributed by atoms with Gasteiger partial charge in [0.15, 0.2) is 5.82 Å². The number of aromatic nitrogens is 3. The molecule has 0 spiro atoms. The number of amides is 1. The molecule has 7 nitrogen and oxygen atoms in total. The van der Waals surface area contributed by atoms with E-state index in [-0.39, 0.29) is 24.6 Å². The topological polar surface area (TPSA) is 89.2 Å². The Kier molecular flexibility index (Phi) is 4.40. The summed E-state index contributed by atoms with van der Waals surface area (Å²) < 4.78 is 3.65. The third-order valence-corrected chi connectivity index (χ3v) is 5.63. The Morgan fingerprint density at radius 3 is 2.70 bits per heavy atom. The van der Waals surface area contributed by atoms with Crippen molar-refractivity contribution in [3.63, 3.8) is 0 Å². The highest BCUT2D eigenvalue weighted by atomic mass is 16.3. The zero-order chi connectivity index (χ0) is 20.8. The first kappa shape index (κ1) is 18.6. The SMILES string of the molecule is CC(O)CNC(=O)Cn1c2c(c3ccccc31)CCn1c-2nc2ccccc2c1=O. The number of aliphatic hydroxyl groups is 1. The molecule has 30 heavy (non-hydrogen) atoms. The van der Waals surface area contributed by atoms with Crippen molar-refractivity contribution >= 4 is 27.7 Å². The van der Waals surface area contributed by atoms with Crippen molar-refractivity contribution in [3.05, 3.63) is 64.4 Å². The van der Waals surface area contributed by atoms with Gasteiger partial charge in [-0.15, -0.1) is 0 Å². The molecule has 0 saturated heterocycles. The van der Waals surface area contributed by atoms with E-state index >= 15 is 0 Å². The first-order chi connectivity index (χ1) is 14.5. The van der Waals surface area contributed by atoms with Crippen molar-refractivity contribution in [2.45, 2.75) is 32.5 Å². The lowest BCUT2D eigenvalue weighted by atomic mass is 10.0. The lowest BCUT2D eigenvalue weighted by Crippen LogP contribution is -2.34. The van der Waals surface area contributed by atoms with Crippen LogP contribution in [0.2, 0.25) is 0 Å². The van der Waals surface area contributed by atoms with E-state index in [4.69, 9.17) is 4.98 Å². The fraction of sp³-hybridized carbons (Fsp3) is 0.261. The molecule has 0 fully saturated rings. The molecule has 2 N–H and O–H groups in total.